The van der Waals surface area contributed by atoms with E-state index in [9.17, 15) is 0 Å². The molecule has 0 atom stereocenters. The molecule has 0 rings (SSSR count). The third-order valence-electron chi connectivity index (χ3n) is 0.605. The van der Waals surface area contributed by atoms with Crippen LogP contribution in [0.5, 0.6) is 0 Å². The van der Waals surface area contributed by atoms with Crippen molar-refractivity contribution in [1.29, 1.82) is 0 Å². The van der Waals surface area contributed by atoms with Gasteiger partial charge in [-0.3, -0.25) is 0 Å². The maximum atomic E-state index is 5.08. The molecule has 0 heterocycles. The van der Waals surface area contributed by atoms with Gasteiger partial charge in [0.1, 0.15) is 6.61 Å². The van der Waals surface area contributed by atoms with Crippen LogP contribution in [0.3, 0.4) is 0 Å². The molecule has 0 aliphatic carbocycles. The van der Waals surface area contributed by atoms with E-state index in [2.05, 4.69) is 11.8 Å². The SMILES string of the molecule is CCOCC#CCN. The van der Waals surface area contributed by atoms with E-state index in [1.165, 1.54) is 0 Å². The minimum atomic E-state index is 0.424. The second-order valence-corrected chi connectivity index (χ2v) is 1.19. The fraction of sp³-hybridized carbons (Fsp3) is 0.667. The largest absolute Gasteiger partial charge is 0.369 e. The molecule has 0 saturated heterocycles. The Morgan fingerprint density at radius 2 is 2.25 bits per heavy atom. The molecular weight excluding hydrogens is 102 g/mol. The van der Waals surface area contributed by atoms with Crippen molar-refractivity contribution in [1.82, 2.24) is 0 Å². The van der Waals surface area contributed by atoms with Gasteiger partial charge in [-0.05, 0) is 6.92 Å². The van der Waals surface area contributed by atoms with Crippen molar-refractivity contribution >= 4 is 0 Å². The Morgan fingerprint density at radius 1 is 1.50 bits per heavy atom. The highest BCUT2D eigenvalue weighted by Gasteiger charge is 1.70. The summed E-state index contributed by atoms with van der Waals surface area (Å²) in [5, 5.41) is 0. The normalized spacial score (nSPS) is 7.75. The van der Waals surface area contributed by atoms with Crippen LogP contribution in [-0.4, -0.2) is 19.8 Å². The van der Waals surface area contributed by atoms with Crippen molar-refractivity contribution in [3.05, 3.63) is 0 Å². The van der Waals surface area contributed by atoms with E-state index in [0.29, 0.717) is 13.2 Å². The monoisotopic (exact) mass is 113 g/mol. The van der Waals surface area contributed by atoms with E-state index < -0.39 is 0 Å². The van der Waals surface area contributed by atoms with Crippen LogP contribution < -0.4 is 5.73 Å². The maximum absolute atomic E-state index is 5.08. The first-order valence-electron chi connectivity index (χ1n) is 2.65. The average molecular weight is 113 g/mol. The van der Waals surface area contributed by atoms with Crippen molar-refractivity contribution < 1.29 is 4.74 Å². The highest BCUT2D eigenvalue weighted by molar-refractivity contribution is 4.99. The van der Waals surface area contributed by atoms with E-state index in [1.54, 1.807) is 0 Å². The lowest BCUT2D eigenvalue weighted by atomic mass is 10.6. The molecule has 0 unspecified atom stereocenters. The molecule has 0 bridgehead atoms. The van der Waals surface area contributed by atoms with Gasteiger partial charge in [0.25, 0.3) is 0 Å². The summed E-state index contributed by atoms with van der Waals surface area (Å²) in [7, 11) is 0. The van der Waals surface area contributed by atoms with Gasteiger partial charge < -0.3 is 10.5 Å². The Labute approximate surface area is 50.0 Å². The van der Waals surface area contributed by atoms with Crippen LogP contribution in [0.4, 0.5) is 0 Å². The smallest absolute Gasteiger partial charge is 0.107 e. The summed E-state index contributed by atoms with van der Waals surface area (Å²) in [6.45, 7) is 3.59. The summed E-state index contributed by atoms with van der Waals surface area (Å²) in [5.74, 6) is 5.42. The zero-order chi connectivity index (χ0) is 6.24. The fourth-order valence-electron chi connectivity index (χ4n) is 0.276. The van der Waals surface area contributed by atoms with Crippen LogP contribution in [0.2, 0.25) is 0 Å². The lowest BCUT2D eigenvalue weighted by molar-refractivity contribution is 0.182. The molecule has 2 N–H and O–H groups in total. The van der Waals surface area contributed by atoms with E-state index >= 15 is 0 Å². The van der Waals surface area contributed by atoms with Crippen LogP contribution >= 0.6 is 0 Å². The van der Waals surface area contributed by atoms with Crippen molar-refractivity contribution in [2.75, 3.05) is 19.8 Å². The Kier molecular flexibility index (Phi) is 6.06. The molecule has 46 valence electrons. The van der Waals surface area contributed by atoms with Crippen LogP contribution in [-0.2, 0) is 4.74 Å². The van der Waals surface area contributed by atoms with Gasteiger partial charge >= 0.3 is 0 Å². The highest BCUT2D eigenvalue weighted by atomic mass is 16.5. The number of hydrogen-bond donors (Lipinski definition) is 1. The van der Waals surface area contributed by atoms with Crippen LogP contribution in [0, 0.1) is 11.8 Å². The first-order valence-corrected chi connectivity index (χ1v) is 2.65. The summed E-state index contributed by atoms with van der Waals surface area (Å²) < 4.78 is 4.91. The van der Waals surface area contributed by atoms with Gasteiger partial charge in [0.15, 0.2) is 0 Å². The summed E-state index contributed by atoms with van der Waals surface area (Å²) >= 11 is 0. The summed E-state index contributed by atoms with van der Waals surface area (Å²) in [6, 6.07) is 0. The first kappa shape index (κ1) is 7.48. The molecule has 0 aromatic heterocycles. The molecule has 0 spiro atoms. The van der Waals surface area contributed by atoms with Crippen LogP contribution in [0.1, 0.15) is 6.92 Å². The molecule has 8 heavy (non-hydrogen) atoms. The number of hydrogen-bond acceptors (Lipinski definition) is 2. The lowest BCUT2D eigenvalue weighted by Crippen LogP contribution is -1.95. The van der Waals surface area contributed by atoms with Gasteiger partial charge in [-0.1, -0.05) is 11.8 Å². The molecule has 0 amide bonds. The molecule has 2 heteroatoms. The highest BCUT2D eigenvalue weighted by Crippen LogP contribution is 1.67. The maximum Gasteiger partial charge on any atom is 0.107 e. The van der Waals surface area contributed by atoms with Gasteiger partial charge in [-0.2, -0.15) is 0 Å². The van der Waals surface area contributed by atoms with E-state index in [0.717, 1.165) is 6.61 Å². The fourth-order valence-corrected chi connectivity index (χ4v) is 0.276. The molecule has 0 aliphatic heterocycles. The van der Waals surface area contributed by atoms with Gasteiger partial charge in [0.05, 0.1) is 6.54 Å². The Balaban J connectivity index is 2.90. The minimum absolute atomic E-state index is 0.424. The third kappa shape index (κ3) is 5.48. The van der Waals surface area contributed by atoms with Gasteiger partial charge in [0.2, 0.25) is 0 Å². The van der Waals surface area contributed by atoms with Crippen LogP contribution in [0.15, 0.2) is 0 Å². The molecule has 0 fully saturated rings. The van der Waals surface area contributed by atoms with Crippen molar-refractivity contribution in [2.24, 2.45) is 5.73 Å². The second-order valence-electron chi connectivity index (χ2n) is 1.19. The molecule has 0 aromatic rings. The summed E-state index contributed by atoms with van der Waals surface area (Å²) in [6.07, 6.45) is 0. The van der Waals surface area contributed by atoms with Gasteiger partial charge in [-0.25, -0.2) is 0 Å². The number of ether oxygens (including phenoxy) is 1. The average Bonchev–Trinajstić information content (AvgIpc) is 1.81. The summed E-state index contributed by atoms with van der Waals surface area (Å²) in [4.78, 5) is 0. The minimum Gasteiger partial charge on any atom is -0.369 e. The van der Waals surface area contributed by atoms with Crippen molar-refractivity contribution in [3.63, 3.8) is 0 Å². The summed E-state index contributed by atoms with van der Waals surface area (Å²) in [5.41, 5.74) is 5.08. The molecule has 0 radical (unpaired) electrons. The first-order chi connectivity index (χ1) is 3.91. The van der Waals surface area contributed by atoms with Gasteiger partial charge in [-0.15, -0.1) is 0 Å². The Bertz CT molecular complexity index is 90.4. The number of rotatable bonds is 2. The van der Waals surface area contributed by atoms with E-state index in [4.69, 9.17) is 10.5 Å². The molecular formula is C6H11NO. The second kappa shape index (κ2) is 6.48. The topological polar surface area (TPSA) is 35.2 Å². The van der Waals surface area contributed by atoms with Crippen molar-refractivity contribution in [3.8, 4) is 11.8 Å². The lowest BCUT2D eigenvalue weighted by Gasteiger charge is -1.87. The van der Waals surface area contributed by atoms with E-state index in [1.807, 2.05) is 6.92 Å². The molecule has 2 nitrogen and oxygen atoms in total. The zero-order valence-electron chi connectivity index (χ0n) is 5.11. The predicted molar refractivity (Wildman–Crippen MR) is 33.3 cm³/mol. The molecule has 0 aromatic carbocycles. The quantitative estimate of drug-likeness (QED) is 0.403. The molecule has 0 saturated carbocycles. The molecule has 0 aliphatic rings. The Hall–Kier alpha value is -0.520. The zero-order valence-corrected chi connectivity index (χ0v) is 5.11. The van der Waals surface area contributed by atoms with Crippen LogP contribution in [0.25, 0.3) is 0 Å². The van der Waals surface area contributed by atoms with Gasteiger partial charge in [0, 0.05) is 6.61 Å². The Morgan fingerprint density at radius 3 is 2.75 bits per heavy atom. The number of nitrogens with two attached hydrogens (primary N) is 1. The van der Waals surface area contributed by atoms with Crippen molar-refractivity contribution in [2.45, 2.75) is 6.92 Å². The third-order valence-corrected chi connectivity index (χ3v) is 0.605. The predicted octanol–water partition coefficient (Wildman–Crippen LogP) is -0.0150. The van der Waals surface area contributed by atoms with E-state index in [-0.39, 0.29) is 0 Å². The standard InChI is InChI=1S/C6H11NO/c1-2-8-6-4-3-5-7/h2,5-7H2,1H3.